The van der Waals surface area contributed by atoms with Crippen LogP contribution in [0, 0.1) is 5.82 Å². The molecule has 1 aliphatic rings. The molecule has 0 unspecified atom stereocenters. The smallest absolute Gasteiger partial charge is 0.250 e. The molecule has 1 aliphatic heterocycles. The number of fused-ring (bicyclic) bond motifs is 2. The Morgan fingerprint density at radius 1 is 1.05 bits per heavy atom. The molecular weight excluding hydrogens is 525 g/mol. The molecule has 11 heteroatoms. The van der Waals surface area contributed by atoms with E-state index < -0.39 is 6.04 Å². The number of hydrogen-bond donors (Lipinski definition) is 1. The highest BCUT2D eigenvalue weighted by molar-refractivity contribution is 5.90. The summed E-state index contributed by atoms with van der Waals surface area (Å²) in [6.45, 7) is 0.884. The first-order valence-electron chi connectivity index (χ1n) is 13.6. The molecule has 2 amide bonds. The normalized spacial score (nSPS) is 15.8. The minimum absolute atomic E-state index is 0.0486. The van der Waals surface area contributed by atoms with Crippen LogP contribution in [0.15, 0.2) is 72.8 Å². The van der Waals surface area contributed by atoms with Crippen LogP contribution in [0.2, 0.25) is 0 Å². The number of nitrogens with one attached hydrogen (secondary N) is 1. The molecule has 0 bridgehead atoms. The number of carbonyl (C=O) groups excluding carboxylic acids is 2. The van der Waals surface area contributed by atoms with Crippen molar-refractivity contribution in [1.29, 1.82) is 0 Å². The van der Waals surface area contributed by atoms with E-state index >= 15 is 0 Å². The Bertz CT molecular complexity index is 1690. The van der Waals surface area contributed by atoms with Gasteiger partial charge >= 0.3 is 0 Å². The average molecular weight is 556 g/mol. The van der Waals surface area contributed by atoms with Crippen molar-refractivity contribution < 1.29 is 18.7 Å². The number of rotatable bonds is 9. The number of amides is 2. The molecule has 0 spiro atoms. The molecule has 210 valence electrons. The minimum atomic E-state index is -1.08. The number of carbonyl (C=O) groups is 2. The van der Waals surface area contributed by atoms with Gasteiger partial charge in [-0.05, 0) is 54.8 Å². The average Bonchev–Trinajstić information content (AvgIpc) is 3.73. The van der Waals surface area contributed by atoms with Crippen molar-refractivity contribution in [3.63, 3.8) is 0 Å². The van der Waals surface area contributed by atoms with Gasteiger partial charge in [0.2, 0.25) is 5.91 Å². The third-order valence-electron chi connectivity index (χ3n) is 7.45. The molecule has 0 aliphatic carbocycles. The first-order valence-corrected chi connectivity index (χ1v) is 13.6. The number of ether oxygens (including phenoxy) is 1. The van der Waals surface area contributed by atoms with Crippen LogP contribution in [0.3, 0.4) is 0 Å². The zero-order chi connectivity index (χ0) is 28.3. The third-order valence-corrected chi connectivity index (χ3v) is 7.45. The van der Waals surface area contributed by atoms with Gasteiger partial charge in [0.1, 0.15) is 23.7 Å². The molecular formula is C30H30FN7O3. The molecule has 6 rings (SSSR count). The van der Waals surface area contributed by atoms with Gasteiger partial charge in [-0.2, -0.15) is 0 Å². The lowest BCUT2D eigenvalue weighted by atomic mass is 10.1. The minimum Gasteiger partial charge on any atom is -0.376 e. The Kier molecular flexibility index (Phi) is 7.43. The van der Waals surface area contributed by atoms with Crippen molar-refractivity contribution in [2.45, 2.75) is 38.1 Å². The highest BCUT2D eigenvalue weighted by atomic mass is 19.1. The van der Waals surface area contributed by atoms with E-state index in [1.54, 1.807) is 12.1 Å². The number of benzene rings is 3. The van der Waals surface area contributed by atoms with E-state index in [9.17, 15) is 14.0 Å². The van der Waals surface area contributed by atoms with Crippen LogP contribution >= 0.6 is 0 Å². The van der Waals surface area contributed by atoms with Crippen molar-refractivity contribution in [2.24, 2.45) is 7.05 Å². The number of imidazole rings is 1. The largest absolute Gasteiger partial charge is 0.376 e. The van der Waals surface area contributed by atoms with E-state index in [1.807, 2.05) is 60.1 Å². The third kappa shape index (κ3) is 5.53. The van der Waals surface area contributed by atoms with Gasteiger partial charge in [-0.3, -0.25) is 9.59 Å². The molecule has 2 aromatic heterocycles. The first kappa shape index (κ1) is 26.6. The predicted molar refractivity (Wildman–Crippen MR) is 150 cm³/mol. The maximum absolute atomic E-state index is 14.2. The summed E-state index contributed by atoms with van der Waals surface area (Å²) in [4.78, 5) is 34.5. The van der Waals surface area contributed by atoms with Crippen LogP contribution in [-0.2, 0) is 34.5 Å². The van der Waals surface area contributed by atoms with Crippen LogP contribution in [-0.4, -0.2) is 60.5 Å². The molecule has 10 nitrogen and oxygen atoms in total. The van der Waals surface area contributed by atoms with Gasteiger partial charge < -0.3 is 19.5 Å². The lowest BCUT2D eigenvalue weighted by Crippen LogP contribution is -2.47. The van der Waals surface area contributed by atoms with E-state index in [-0.39, 0.29) is 36.8 Å². The summed E-state index contributed by atoms with van der Waals surface area (Å²) >= 11 is 0. The molecule has 5 aromatic rings. The second kappa shape index (κ2) is 11.5. The van der Waals surface area contributed by atoms with Crippen molar-refractivity contribution in [3.05, 3.63) is 90.0 Å². The van der Waals surface area contributed by atoms with Crippen molar-refractivity contribution in [1.82, 2.24) is 34.8 Å². The lowest BCUT2D eigenvalue weighted by molar-refractivity contribution is -0.142. The van der Waals surface area contributed by atoms with E-state index in [1.165, 1.54) is 21.7 Å². The van der Waals surface area contributed by atoms with E-state index in [4.69, 9.17) is 9.72 Å². The van der Waals surface area contributed by atoms with E-state index in [0.717, 1.165) is 18.4 Å². The summed E-state index contributed by atoms with van der Waals surface area (Å²) in [5, 5.41) is 11.4. The fraction of sp³-hybridized carbons (Fsp3) is 0.300. The van der Waals surface area contributed by atoms with Crippen LogP contribution < -0.4 is 5.32 Å². The van der Waals surface area contributed by atoms with Gasteiger partial charge in [0.15, 0.2) is 6.04 Å². The van der Waals surface area contributed by atoms with Gasteiger partial charge in [-0.1, -0.05) is 41.6 Å². The summed E-state index contributed by atoms with van der Waals surface area (Å²) in [6, 6.07) is 19.7. The molecule has 0 radical (unpaired) electrons. The number of para-hydroxylation sites is 3. The number of halogens is 1. The summed E-state index contributed by atoms with van der Waals surface area (Å²) in [7, 11) is 1.83. The zero-order valence-corrected chi connectivity index (χ0v) is 22.6. The maximum atomic E-state index is 14.2. The van der Waals surface area contributed by atoms with Gasteiger partial charge in [-0.25, -0.2) is 14.1 Å². The van der Waals surface area contributed by atoms with Gasteiger partial charge in [-0.15, -0.1) is 5.10 Å². The SMILES string of the molecule is Cn1c([C@H](C(=O)NC[C@H]2CCCO2)N(Cc2ccc(F)cc2)C(=O)Cn2nnc3ccccc32)nc2ccccc21. The fourth-order valence-electron chi connectivity index (χ4n) is 5.29. The lowest BCUT2D eigenvalue weighted by Gasteiger charge is -2.31. The maximum Gasteiger partial charge on any atom is 0.250 e. The van der Waals surface area contributed by atoms with Gasteiger partial charge in [0.05, 0.1) is 22.7 Å². The van der Waals surface area contributed by atoms with Gasteiger partial charge in [0.25, 0.3) is 5.91 Å². The molecule has 1 fully saturated rings. The van der Waals surface area contributed by atoms with Gasteiger partial charge in [0, 0.05) is 26.7 Å². The van der Waals surface area contributed by atoms with Crippen LogP contribution in [0.25, 0.3) is 22.1 Å². The summed E-state index contributed by atoms with van der Waals surface area (Å²) < 4.78 is 22.8. The summed E-state index contributed by atoms with van der Waals surface area (Å²) in [5.41, 5.74) is 3.56. The molecule has 3 aromatic carbocycles. The van der Waals surface area contributed by atoms with Crippen LogP contribution in [0.4, 0.5) is 4.39 Å². The second-order valence-electron chi connectivity index (χ2n) is 10.2. The molecule has 3 heterocycles. The molecule has 2 atom stereocenters. The Hall–Kier alpha value is -4.64. The highest BCUT2D eigenvalue weighted by Gasteiger charge is 2.36. The molecule has 0 saturated carbocycles. The zero-order valence-electron chi connectivity index (χ0n) is 22.6. The van der Waals surface area contributed by atoms with E-state index in [0.29, 0.717) is 41.1 Å². The second-order valence-corrected chi connectivity index (χ2v) is 10.2. The van der Waals surface area contributed by atoms with E-state index in [2.05, 4.69) is 15.6 Å². The fourth-order valence-corrected chi connectivity index (χ4v) is 5.29. The highest BCUT2D eigenvalue weighted by Crippen LogP contribution is 2.27. The number of nitrogens with zero attached hydrogens (tertiary/aromatic N) is 6. The van der Waals surface area contributed by atoms with Crippen molar-refractivity contribution in [2.75, 3.05) is 13.2 Å². The Morgan fingerprint density at radius 2 is 1.78 bits per heavy atom. The van der Waals surface area contributed by atoms with Crippen LogP contribution in [0.5, 0.6) is 0 Å². The summed E-state index contributed by atoms with van der Waals surface area (Å²) in [5.74, 6) is -0.719. The Morgan fingerprint density at radius 3 is 2.51 bits per heavy atom. The number of hydrogen-bond acceptors (Lipinski definition) is 6. The molecule has 1 saturated heterocycles. The molecule has 41 heavy (non-hydrogen) atoms. The number of aromatic nitrogens is 5. The van der Waals surface area contributed by atoms with Crippen molar-refractivity contribution in [3.8, 4) is 0 Å². The first-order chi connectivity index (χ1) is 20.0. The monoisotopic (exact) mass is 555 g/mol. The van der Waals surface area contributed by atoms with Crippen LogP contribution in [0.1, 0.15) is 30.3 Å². The molecule has 1 N–H and O–H groups in total. The Balaban J connectivity index is 1.41. The topological polar surface area (TPSA) is 107 Å². The van der Waals surface area contributed by atoms with Crippen molar-refractivity contribution >= 4 is 33.9 Å². The number of aryl methyl sites for hydroxylation is 1. The quantitative estimate of drug-likeness (QED) is 0.298. The predicted octanol–water partition coefficient (Wildman–Crippen LogP) is 3.52. The summed E-state index contributed by atoms with van der Waals surface area (Å²) in [6.07, 6.45) is 1.72. The standard InChI is InChI=1S/C30H30FN7O3/c1-36-25-10-4-2-8-23(25)33-29(36)28(30(40)32-17-22-7-6-16-41-22)37(18-20-12-14-21(31)15-13-20)27(39)19-38-26-11-5-3-9-24(26)34-35-38/h2-5,8-15,22,28H,6-7,16-19H2,1H3,(H,32,40)/t22-,28-/m1/s1. The Labute approximate surface area is 235 Å².